The zero-order valence-corrected chi connectivity index (χ0v) is 22.8. The monoisotopic (exact) mass is 564 g/mol. The molecule has 0 bridgehead atoms. The Hall–Kier alpha value is -3.94. The van der Waals surface area contributed by atoms with E-state index in [4.69, 9.17) is 32.7 Å². The van der Waals surface area contributed by atoms with Crippen molar-refractivity contribution in [3.8, 4) is 17.2 Å². The third kappa shape index (κ3) is 4.13. The van der Waals surface area contributed by atoms with E-state index in [1.165, 1.54) is 13.2 Å². The minimum Gasteiger partial charge on any atom is -0.504 e. The van der Waals surface area contributed by atoms with Crippen LogP contribution in [0.3, 0.4) is 0 Å². The van der Waals surface area contributed by atoms with Gasteiger partial charge in [0.15, 0.2) is 11.5 Å². The Bertz CT molecular complexity index is 1500. The quantitative estimate of drug-likeness (QED) is 0.329. The summed E-state index contributed by atoms with van der Waals surface area (Å²) in [7, 11) is 3.01. The number of phenols is 1. The first kappa shape index (κ1) is 26.7. The maximum absolute atomic E-state index is 14.7. The highest BCUT2D eigenvalue weighted by Gasteiger charge is 2.66. The molecule has 2 N–H and O–H groups in total. The summed E-state index contributed by atoms with van der Waals surface area (Å²) in [5, 5.41) is 13.0. The van der Waals surface area contributed by atoms with Gasteiger partial charge in [-0.05, 0) is 54.0 Å². The average Bonchev–Trinajstić information content (AvgIpc) is 3.16. The summed E-state index contributed by atoms with van der Waals surface area (Å²) < 4.78 is 10.7. The molecule has 3 unspecified atom stereocenters. The van der Waals surface area contributed by atoms with E-state index in [9.17, 15) is 14.7 Å². The van der Waals surface area contributed by atoms with Crippen molar-refractivity contribution in [3.63, 3.8) is 0 Å². The predicted molar refractivity (Wildman–Crippen MR) is 150 cm³/mol. The van der Waals surface area contributed by atoms with Gasteiger partial charge in [-0.2, -0.15) is 5.01 Å². The molecule has 200 valence electrons. The van der Waals surface area contributed by atoms with Crippen LogP contribution in [0.5, 0.6) is 17.2 Å². The van der Waals surface area contributed by atoms with E-state index in [2.05, 4.69) is 12.0 Å². The largest absolute Gasteiger partial charge is 0.504 e. The van der Waals surface area contributed by atoms with Crippen LogP contribution in [-0.2, 0) is 15.0 Å². The minimum atomic E-state index is -1.43. The van der Waals surface area contributed by atoms with Crippen LogP contribution in [0.15, 0.2) is 85.0 Å². The zero-order chi connectivity index (χ0) is 27.9. The van der Waals surface area contributed by atoms with Crippen LogP contribution in [-0.4, -0.2) is 36.1 Å². The van der Waals surface area contributed by atoms with Gasteiger partial charge in [0, 0.05) is 16.5 Å². The first-order chi connectivity index (χ1) is 18.8. The number of halogens is 2. The smallest absolute Gasteiger partial charge is 0.260 e. The summed E-state index contributed by atoms with van der Waals surface area (Å²) in [6.45, 7) is 3.99. The van der Waals surface area contributed by atoms with E-state index in [1.54, 1.807) is 67.8 Å². The van der Waals surface area contributed by atoms with E-state index in [1.807, 2.05) is 6.08 Å². The molecule has 5 rings (SSSR count). The van der Waals surface area contributed by atoms with Gasteiger partial charge < -0.3 is 14.6 Å². The number of rotatable bonds is 7. The fourth-order valence-corrected chi connectivity index (χ4v) is 6.21. The number of hydrogen-bond donors (Lipinski definition) is 2. The van der Waals surface area contributed by atoms with E-state index < -0.39 is 29.1 Å². The van der Waals surface area contributed by atoms with Gasteiger partial charge in [0.05, 0.1) is 36.3 Å². The molecule has 39 heavy (non-hydrogen) atoms. The lowest BCUT2D eigenvalue weighted by molar-refractivity contribution is -0.138. The molecule has 2 amide bonds. The van der Waals surface area contributed by atoms with Gasteiger partial charge in [-0.1, -0.05) is 66.2 Å². The Morgan fingerprint density at radius 1 is 1.08 bits per heavy atom. The average molecular weight is 565 g/mol. The fraction of sp³-hybridized carbons (Fsp3) is 0.200. The molecular formula is C30H26Cl2N2O5. The second-order valence-electron chi connectivity index (χ2n) is 9.34. The van der Waals surface area contributed by atoms with Crippen LogP contribution < -0.4 is 14.9 Å². The number of amides is 2. The number of hydrazine groups is 1. The number of carbonyl (C=O) groups is 2. The highest BCUT2D eigenvalue weighted by atomic mass is 35.5. The lowest BCUT2D eigenvalue weighted by Gasteiger charge is -2.43. The summed E-state index contributed by atoms with van der Waals surface area (Å²) >= 11 is 12.4. The van der Waals surface area contributed by atoms with Gasteiger partial charge in [0.25, 0.3) is 11.8 Å². The van der Waals surface area contributed by atoms with Gasteiger partial charge >= 0.3 is 0 Å². The number of nitrogens with zero attached hydrogens (tertiary/aromatic N) is 1. The standard InChI is InChI=1S/C30H26Cl2N2O5/c1-4-17-8-14-22-28(36)34(33-24-15-11-19(31)16-23(24)32)29(37)30(22,18-9-12-20(38-2)13-10-18)26(17)21-6-5-7-25(39-3)27(21)35/h4-13,15-16,22,26,33,35H,1,14H2,2-3H3. The van der Waals surface area contributed by atoms with E-state index in [-0.39, 0.29) is 22.9 Å². The van der Waals surface area contributed by atoms with E-state index in [0.29, 0.717) is 33.2 Å². The summed E-state index contributed by atoms with van der Waals surface area (Å²) in [6.07, 6.45) is 3.84. The van der Waals surface area contributed by atoms with Crippen molar-refractivity contribution in [3.05, 3.63) is 106 Å². The number of anilines is 1. The number of phenolic OH excluding ortho intramolecular Hbond substituents is 1. The molecule has 0 radical (unpaired) electrons. The molecule has 9 heteroatoms. The predicted octanol–water partition coefficient (Wildman–Crippen LogP) is 6.27. The van der Waals surface area contributed by atoms with Crippen LogP contribution in [0, 0.1) is 5.92 Å². The summed E-state index contributed by atoms with van der Waals surface area (Å²) in [4.78, 5) is 28.7. The number of hydrogen-bond acceptors (Lipinski definition) is 6. The molecule has 1 saturated heterocycles. The number of allylic oxidation sites excluding steroid dienone is 3. The number of ether oxygens (including phenoxy) is 2. The van der Waals surface area contributed by atoms with Crippen molar-refractivity contribution in [2.75, 3.05) is 19.6 Å². The fourth-order valence-electron chi connectivity index (χ4n) is 5.76. The molecular weight excluding hydrogens is 539 g/mol. The Balaban J connectivity index is 1.76. The minimum absolute atomic E-state index is 0.112. The summed E-state index contributed by atoms with van der Waals surface area (Å²) in [6, 6.07) is 16.9. The first-order valence-electron chi connectivity index (χ1n) is 12.2. The van der Waals surface area contributed by atoms with Gasteiger partial charge in [0.1, 0.15) is 5.75 Å². The van der Waals surface area contributed by atoms with Crippen LogP contribution >= 0.6 is 23.2 Å². The number of nitrogens with one attached hydrogen (secondary N) is 1. The third-order valence-electron chi connectivity index (χ3n) is 7.53. The number of aromatic hydroxyl groups is 1. The van der Waals surface area contributed by atoms with Crippen molar-refractivity contribution < 1.29 is 24.2 Å². The van der Waals surface area contributed by atoms with Gasteiger partial charge in [0.2, 0.25) is 0 Å². The Kier molecular flexibility index (Phi) is 7.05. The lowest BCUT2D eigenvalue weighted by atomic mass is 9.56. The zero-order valence-electron chi connectivity index (χ0n) is 21.3. The number of para-hydroxylation sites is 1. The molecule has 7 nitrogen and oxygen atoms in total. The molecule has 1 heterocycles. The normalized spacial score (nSPS) is 22.3. The van der Waals surface area contributed by atoms with Gasteiger partial charge in [-0.15, -0.1) is 0 Å². The molecule has 1 fully saturated rings. The maximum atomic E-state index is 14.7. The molecule has 3 atom stereocenters. The second kappa shape index (κ2) is 10.3. The SMILES string of the molecule is C=CC1=CCC2C(=O)N(Nc3ccc(Cl)cc3Cl)C(=O)C2(c2ccc(OC)cc2)C1c1cccc(OC)c1O. The van der Waals surface area contributed by atoms with Crippen LogP contribution in [0.2, 0.25) is 10.0 Å². The van der Waals surface area contributed by atoms with Crippen molar-refractivity contribution in [1.29, 1.82) is 0 Å². The second-order valence-corrected chi connectivity index (χ2v) is 10.2. The molecule has 0 spiro atoms. The molecule has 0 saturated carbocycles. The maximum Gasteiger partial charge on any atom is 0.260 e. The van der Waals surface area contributed by atoms with Crippen LogP contribution in [0.25, 0.3) is 0 Å². The Morgan fingerprint density at radius 3 is 2.46 bits per heavy atom. The molecule has 1 aliphatic carbocycles. The van der Waals surface area contributed by atoms with Gasteiger partial charge in [-0.25, -0.2) is 0 Å². The number of imide groups is 1. The summed E-state index contributed by atoms with van der Waals surface area (Å²) in [5.41, 5.74) is 3.59. The van der Waals surface area contributed by atoms with Crippen molar-refractivity contribution in [1.82, 2.24) is 5.01 Å². The van der Waals surface area contributed by atoms with Crippen molar-refractivity contribution >= 4 is 40.7 Å². The van der Waals surface area contributed by atoms with Crippen LogP contribution in [0.4, 0.5) is 5.69 Å². The van der Waals surface area contributed by atoms with E-state index >= 15 is 0 Å². The first-order valence-corrected chi connectivity index (χ1v) is 13.0. The highest BCUT2D eigenvalue weighted by molar-refractivity contribution is 6.36. The molecule has 1 aliphatic heterocycles. The Morgan fingerprint density at radius 2 is 1.82 bits per heavy atom. The number of fused-ring (bicyclic) bond motifs is 1. The molecule has 3 aromatic carbocycles. The number of benzene rings is 3. The number of methoxy groups -OCH3 is 2. The Labute approximate surface area is 236 Å². The van der Waals surface area contributed by atoms with E-state index in [0.717, 1.165) is 5.01 Å². The topological polar surface area (TPSA) is 88.1 Å². The molecule has 2 aliphatic rings. The van der Waals surface area contributed by atoms with Crippen molar-refractivity contribution in [2.45, 2.75) is 17.8 Å². The molecule has 3 aromatic rings. The highest BCUT2D eigenvalue weighted by Crippen LogP contribution is 2.59. The van der Waals surface area contributed by atoms with Gasteiger partial charge in [-0.3, -0.25) is 15.0 Å². The summed E-state index contributed by atoms with van der Waals surface area (Å²) in [5.74, 6) is -1.73. The third-order valence-corrected chi connectivity index (χ3v) is 8.08. The molecule has 0 aromatic heterocycles. The van der Waals surface area contributed by atoms with Crippen LogP contribution in [0.1, 0.15) is 23.5 Å². The number of carbonyl (C=O) groups excluding carboxylic acids is 2. The van der Waals surface area contributed by atoms with Crippen molar-refractivity contribution in [2.24, 2.45) is 5.92 Å². The lowest BCUT2D eigenvalue weighted by Crippen LogP contribution is -2.48.